The van der Waals surface area contributed by atoms with Crippen LogP contribution in [0.4, 0.5) is 8.78 Å². The number of halogens is 2. The minimum atomic E-state index is -1.23. The second-order valence-electron chi connectivity index (χ2n) is 9.02. The summed E-state index contributed by atoms with van der Waals surface area (Å²) in [4.78, 5) is 2.29. The molecular formula is C27H34F2N2. The minimum absolute atomic E-state index is 0.580. The van der Waals surface area contributed by atoms with Crippen LogP contribution >= 0.6 is 0 Å². The number of rotatable bonds is 8. The van der Waals surface area contributed by atoms with Gasteiger partial charge in [0, 0.05) is 13.5 Å². The van der Waals surface area contributed by atoms with Crippen molar-refractivity contribution in [3.8, 4) is 6.07 Å². The number of nitrogens with zero attached hydrogens (tertiary/aromatic N) is 2. The lowest BCUT2D eigenvalue weighted by atomic mass is 9.69. The Balaban J connectivity index is 0.000000858. The number of hydrogen-bond acceptors (Lipinski definition) is 2. The van der Waals surface area contributed by atoms with Gasteiger partial charge in [0.25, 0.3) is 0 Å². The molecule has 0 unspecified atom stereocenters. The third-order valence-corrected chi connectivity index (χ3v) is 6.70. The molecule has 0 radical (unpaired) electrons. The molecule has 2 fully saturated rings. The van der Waals surface area contributed by atoms with Crippen molar-refractivity contribution >= 4 is 0 Å². The van der Waals surface area contributed by atoms with Crippen LogP contribution in [-0.4, -0.2) is 18.5 Å². The Morgan fingerprint density at radius 1 is 0.903 bits per heavy atom. The second kappa shape index (κ2) is 10.4. The molecule has 2 nitrogen and oxygen atoms in total. The van der Waals surface area contributed by atoms with Gasteiger partial charge in [-0.2, -0.15) is 5.26 Å². The summed E-state index contributed by atoms with van der Waals surface area (Å²) in [5, 5.41) is 7.32. The van der Waals surface area contributed by atoms with Gasteiger partial charge in [0.2, 0.25) is 0 Å². The highest BCUT2D eigenvalue weighted by atomic mass is 19.1. The Bertz CT molecular complexity index is 842. The van der Waals surface area contributed by atoms with E-state index in [2.05, 4.69) is 36.2 Å². The fourth-order valence-electron chi connectivity index (χ4n) is 4.71. The van der Waals surface area contributed by atoms with Crippen molar-refractivity contribution < 1.29 is 8.78 Å². The Morgan fingerprint density at radius 2 is 1.42 bits per heavy atom. The first-order chi connectivity index (χ1) is 14.9. The van der Waals surface area contributed by atoms with Gasteiger partial charge in [0.15, 0.2) is 0 Å². The lowest BCUT2D eigenvalue weighted by Crippen LogP contribution is -2.34. The number of alkyl halides is 2. The summed E-state index contributed by atoms with van der Waals surface area (Å²) in [7, 11) is 2.12. The Labute approximate surface area is 185 Å². The fraction of sp³-hybridized carbons (Fsp3) is 0.519. The molecule has 0 heterocycles. The van der Waals surface area contributed by atoms with Crippen molar-refractivity contribution in [2.24, 2.45) is 0 Å². The average Bonchev–Trinajstić information content (AvgIpc) is 2.71. The smallest absolute Gasteiger partial charge is 0.136 e. The van der Waals surface area contributed by atoms with Gasteiger partial charge in [0.1, 0.15) is 11.3 Å². The van der Waals surface area contributed by atoms with Crippen molar-refractivity contribution in [2.75, 3.05) is 13.6 Å². The molecule has 31 heavy (non-hydrogen) atoms. The molecule has 0 N–H and O–H groups in total. The van der Waals surface area contributed by atoms with E-state index in [1.165, 1.54) is 12.5 Å². The quantitative estimate of drug-likeness (QED) is 0.457. The van der Waals surface area contributed by atoms with E-state index in [0.717, 1.165) is 55.5 Å². The van der Waals surface area contributed by atoms with Gasteiger partial charge in [-0.15, -0.1) is 0 Å². The summed E-state index contributed by atoms with van der Waals surface area (Å²) in [5.74, 6) is 0. The number of hydrogen-bond donors (Lipinski definition) is 0. The van der Waals surface area contributed by atoms with Crippen molar-refractivity contribution in [2.45, 2.75) is 76.2 Å². The van der Waals surface area contributed by atoms with Gasteiger partial charge in [-0.05, 0) is 87.2 Å². The first-order valence-electron chi connectivity index (χ1n) is 11.5. The van der Waals surface area contributed by atoms with E-state index in [1.807, 2.05) is 24.3 Å². The lowest BCUT2D eigenvalue weighted by molar-refractivity contribution is 0.0513. The topological polar surface area (TPSA) is 27.0 Å². The highest BCUT2D eigenvalue weighted by molar-refractivity contribution is 5.44. The maximum Gasteiger partial charge on any atom is 0.136 e. The monoisotopic (exact) mass is 424 g/mol. The van der Waals surface area contributed by atoms with Gasteiger partial charge in [-0.3, -0.25) is 0 Å². The molecule has 0 spiro atoms. The van der Waals surface area contributed by atoms with Crippen LogP contribution in [0, 0.1) is 11.3 Å². The van der Waals surface area contributed by atoms with E-state index in [-0.39, 0.29) is 0 Å². The van der Waals surface area contributed by atoms with Gasteiger partial charge in [-0.1, -0.05) is 48.5 Å². The predicted molar refractivity (Wildman–Crippen MR) is 122 cm³/mol. The van der Waals surface area contributed by atoms with E-state index < -0.39 is 11.3 Å². The normalized spacial score (nSPS) is 18.2. The van der Waals surface area contributed by atoms with E-state index in [1.54, 1.807) is 6.07 Å². The fourth-order valence-corrected chi connectivity index (χ4v) is 4.71. The molecule has 0 atom stereocenters. The number of nitriles is 1. The maximum atomic E-state index is 15.3. The van der Waals surface area contributed by atoms with Crippen LogP contribution in [0.5, 0.6) is 0 Å². The zero-order chi connectivity index (χ0) is 22.3. The molecule has 2 aliphatic carbocycles. The highest BCUT2D eigenvalue weighted by Gasteiger charge is 2.45. The summed E-state index contributed by atoms with van der Waals surface area (Å²) >= 11 is 0. The third-order valence-electron chi connectivity index (χ3n) is 6.70. The van der Waals surface area contributed by atoms with Crippen LogP contribution < -0.4 is 0 Å². The van der Waals surface area contributed by atoms with E-state index in [9.17, 15) is 0 Å². The van der Waals surface area contributed by atoms with Crippen molar-refractivity contribution in [3.63, 3.8) is 0 Å². The first kappa shape index (κ1) is 23.4. The zero-order valence-electron chi connectivity index (χ0n) is 18.8. The average molecular weight is 425 g/mol. The third kappa shape index (κ3) is 5.52. The van der Waals surface area contributed by atoms with Crippen molar-refractivity contribution in [3.05, 3.63) is 70.8 Å². The van der Waals surface area contributed by atoms with E-state index >= 15 is 8.78 Å². The predicted octanol–water partition coefficient (Wildman–Crippen LogP) is 6.98. The zero-order valence-corrected chi connectivity index (χ0v) is 18.8. The lowest BCUT2D eigenvalue weighted by Gasteiger charge is -2.40. The van der Waals surface area contributed by atoms with Crippen LogP contribution in [0.2, 0.25) is 0 Å². The van der Waals surface area contributed by atoms with Crippen LogP contribution in [0.1, 0.15) is 74.1 Å². The van der Waals surface area contributed by atoms with E-state index in [4.69, 9.17) is 5.26 Å². The Morgan fingerprint density at radius 3 is 1.87 bits per heavy atom. The molecule has 0 amide bonds. The standard InChI is InChI=1S/C25H31F2N.C2H3N/c1-28(19-20-9-3-2-4-10-20)18-6-11-21-22(24(26)14-7-15-24)12-5-13-23(21)25(27)16-8-17-25;1-2-3/h2-5,9-10,12-13H,6-8,11,14-19H2,1H3;1H3. The Kier molecular flexibility index (Phi) is 7.84. The van der Waals surface area contributed by atoms with Crippen LogP contribution in [-0.2, 0) is 24.3 Å². The molecule has 0 aliphatic heterocycles. The molecular weight excluding hydrogens is 390 g/mol. The summed E-state index contributed by atoms with van der Waals surface area (Å²) in [6.45, 7) is 3.25. The van der Waals surface area contributed by atoms with Crippen molar-refractivity contribution in [1.29, 1.82) is 5.26 Å². The van der Waals surface area contributed by atoms with Gasteiger partial charge in [0.05, 0.1) is 6.07 Å². The first-order valence-corrected chi connectivity index (χ1v) is 11.5. The molecule has 4 rings (SSSR count). The highest BCUT2D eigenvalue weighted by Crippen LogP contribution is 2.51. The Hall–Kier alpha value is -2.25. The molecule has 0 saturated heterocycles. The minimum Gasteiger partial charge on any atom is -0.302 e. The van der Waals surface area contributed by atoms with Crippen LogP contribution in [0.25, 0.3) is 0 Å². The summed E-state index contributed by atoms with van der Waals surface area (Å²) in [6.07, 6.45) is 5.85. The summed E-state index contributed by atoms with van der Waals surface area (Å²) in [6, 6.07) is 17.9. The molecule has 2 aliphatic rings. The summed E-state index contributed by atoms with van der Waals surface area (Å²) in [5.41, 5.74) is 1.32. The molecule has 4 heteroatoms. The molecule has 0 aromatic heterocycles. The summed E-state index contributed by atoms with van der Waals surface area (Å²) < 4.78 is 30.7. The second-order valence-corrected chi connectivity index (χ2v) is 9.02. The number of benzene rings is 2. The largest absolute Gasteiger partial charge is 0.302 e. The van der Waals surface area contributed by atoms with Gasteiger partial charge in [-0.25, -0.2) is 8.78 Å². The maximum absolute atomic E-state index is 15.3. The van der Waals surface area contributed by atoms with Gasteiger partial charge < -0.3 is 4.90 Å². The molecule has 2 saturated carbocycles. The van der Waals surface area contributed by atoms with E-state index in [0.29, 0.717) is 25.7 Å². The van der Waals surface area contributed by atoms with Crippen LogP contribution in [0.15, 0.2) is 48.5 Å². The molecule has 2 aromatic rings. The molecule has 166 valence electrons. The molecule has 0 bridgehead atoms. The van der Waals surface area contributed by atoms with Crippen molar-refractivity contribution in [1.82, 2.24) is 4.90 Å². The SMILES string of the molecule is CC#N.CN(CCCc1c(C2(F)CCC2)cccc1C1(F)CCC1)Cc1ccccc1. The molecule has 2 aromatic carbocycles. The van der Waals surface area contributed by atoms with Crippen LogP contribution in [0.3, 0.4) is 0 Å². The van der Waals surface area contributed by atoms with Gasteiger partial charge >= 0.3 is 0 Å².